The Kier molecular flexibility index (Phi) is 3.27. The fraction of sp³-hybridized carbons (Fsp3) is 0.333. The molecule has 0 saturated heterocycles. The molecule has 0 radical (unpaired) electrons. The lowest BCUT2D eigenvalue weighted by Crippen LogP contribution is -2.16. The molecule has 0 aliphatic carbocycles. The summed E-state index contributed by atoms with van der Waals surface area (Å²) in [6.45, 7) is -0.386. The summed E-state index contributed by atoms with van der Waals surface area (Å²) in [4.78, 5) is 0. The van der Waals surface area contributed by atoms with Crippen molar-refractivity contribution in [2.75, 3.05) is 13.7 Å². The van der Waals surface area contributed by atoms with Gasteiger partial charge in [0.2, 0.25) is 0 Å². The molecule has 0 fully saturated rings. The zero-order chi connectivity index (χ0) is 10.7. The Morgan fingerprint density at radius 3 is 2.71 bits per heavy atom. The lowest BCUT2D eigenvalue weighted by Gasteiger charge is -2.12. The van der Waals surface area contributed by atoms with E-state index in [1.54, 1.807) is 0 Å². The third-order valence-corrected chi connectivity index (χ3v) is 1.93. The molecule has 0 aromatic heterocycles. The maximum Gasteiger partial charge on any atom is 0.194 e. The molecule has 4 nitrogen and oxygen atoms in total. The SMILES string of the molecule is COc1ccc(C(N)CO)c(F)c1O. The van der Waals surface area contributed by atoms with Crippen molar-refractivity contribution in [2.24, 2.45) is 5.73 Å². The zero-order valence-corrected chi connectivity index (χ0v) is 7.70. The number of hydrogen-bond acceptors (Lipinski definition) is 4. The molecule has 1 aromatic rings. The third kappa shape index (κ3) is 1.78. The highest BCUT2D eigenvalue weighted by molar-refractivity contribution is 5.44. The summed E-state index contributed by atoms with van der Waals surface area (Å²) in [6, 6.07) is 1.92. The first-order chi connectivity index (χ1) is 6.61. The molecule has 0 aliphatic heterocycles. The van der Waals surface area contributed by atoms with Crippen LogP contribution in [0.15, 0.2) is 12.1 Å². The average molecular weight is 201 g/mol. The van der Waals surface area contributed by atoms with Crippen molar-refractivity contribution < 1.29 is 19.3 Å². The summed E-state index contributed by atoms with van der Waals surface area (Å²) >= 11 is 0. The van der Waals surface area contributed by atoms with Crippen LogP contribution in [0.2, 0.25) is 0 Å². The quantitative estimate of drug-likeness (QED) is 0.666. The molecule has 0 aliphatic rings. The van der Waals surface area contributed by atoms with Gasteiger partial charge < -0.3 is 20.7 Å². The van der Waals surface area contributed by atoms with Crippen LogP contribution in [0.3, 0.4) is 0 Å². The number of rotatable bonds is 3. The molecule has 14 heavy (non-hydrogen) atoms. The van der Waals surface area contributed by atoms with Crippen LogP contribution in [0.5, 0.6) is 11.5 Å². The molecular weight excluding hydrogens is 189 g/mol. The molecule has 78 valence electrons. The zero-order valence-electron chi connectivity index (χ0n) is 7.70. The van der Waals surface area contributed by atoms with Crippen LogP contribution >= 0.6 is 0 Å². The summed E-state index contributed by atoms with van der Waals surface area (Å²) in [5.41, 5.74) is 5.47. The Morgan fingerprint density at radius 2 is 2.21 bits per heavy atom. The normalized spacial score (nSPS) is 12.6. The maximum absolute atomic E-state index is 13.4. The number of phenols is 1. The molecule has 4 N–H and O–H groups in total. The molecule has 0 bridgehead atoms. The number of hydrogen-bond donors (Lipinski definition) is 3. The Hall–Kier alpha value is -1.33. The van der Waals surface area contributed by atoms with Crippen LogP contribution < -0.4 is 10.5 Å². The van der Waals surface area contributed by atoms with Gasteiger partial charge in [0.15, 0.2) is 17.3 Å². The van der Waals surface area contributed by atoms with E-state index >= 15 is 0 Å². The van der Waals surface area contributed by atoms with E-state index < -0.39 is 17.6 Å². The lowest BCUT2D eigenvalue weighted by atomic mass is 10.1. The number of phenolic OH excluding ortho intramolecular Hbond substituents is 1. The van der Waals surface area contributed by atoms with E-state index in [9.17, 15) is 9.50 Å². The van der Waals surface area contributed by atoms with Crippen LogP contribution in [0.1, 0.15) is 11.6 Å². The first kappa shape index (κ1) is 10.7. The second-order valence-corrected chi connectivity index (χ2v) is 2.81. The Labute approximate surface area is 80.7 Å². The predicted octanol–water partition coefficient (Wildman–Crippen LogP) is 0.532. The number of benzene rings is 1. The number of ether oxygens (including phenoxy) is 1. The van der Waals surface area contributed by atoms with Gasteiger partial charge >= 0.3 is 0 Å². The highest BCUT2D eigenvalue weighted by atomic mass is 19.1. The topological polar surface area (TPSA) is 75.7 Å². The van der Waals surface area contributed by atoms with E-state index in [2.05, 4.69) is 0 Å². The Bertz CT molecular complexity index is 330. The van der Waals surface area contributed by atoms with Crippen LogP contribution in [-0.2, 0) is 0 Å². The first-order valence-electron chi connectivity index (χ1n) is 4.03. The molecule has 0 heterocycles. The van der Waals surface area contributed by atoms with Gasteiger partial charge in [-0.25, -0.2) is 4.39 Å². The molecular formula is C9H12FNO3. The van der Waals surface area contributed by atoms with Gasteiger partial charge in [-0.05, 0) is 6.07 Å². The van der Waals surface area contributed by atoms with E-state index in [0.717, 1.165) is 0 Å². The maximum atomic E-state index is 13.4. The summed E-state index contributed by atoms with van der Waals surface area (Å²) in [5, 5.41) is 18.0. The molecule has 5 heteroatoms. The van der Waals surface area contributed by atoms with Crippen LogP contribution in [0.4, 0.5) is 4.39 Å². The standard InChI is InChI=1S/C9H12FNO3/c1-14-7-3-2-5(6(11)4-12)8(10)9(7)13/h2-3,6,12-13H,4,11H2,1H3. The van der Waals surface area contributed by atoms with Gasteiger partial charge in [-0.1, -0.05) is 6.07 Å². The van der Waals surface area contributed by atoms with Gasteiger partial charge in [0, 0.05) is 5.56 Å². The van der Waals surface area contributed by atoms with E-state index in [1.165, 1.54) is 19.2 Å². The molecule has 0 spiro atoms. The van der Waals surface area contributed by atoms with E-state index in [-0.39, 0.29) is 17.9 Å². The third-order valence-electron chi connectivity index (χ3n) is 1.93. The first-order valence-corrected chi connectivity index (χ1v) is 4.03. The van der Waals surface area contributed by atoms with E-state index in [1.807, 2.05) is 0 Å². The van der Waals surface area contributed by atoms with Crippen molar-refractivity contribution >= 4 is 0 Å². The molecule has 1 unspecified atom stereocenters. The van der Waals surface area contributed by atoms with Crippen molar-refractivity contribution in [3.8, 4) is 11.5 Å². The highest BCUT2D eigenvalue weighted by Crippen LogP contribution is 2.32. The number of aliphatic hydroxyl groups is 1. The van der Waals surface area contributed by atoms with Gasteiger partial charge in [0.25, 0.3) is 0 Å². The second kappa shape index (κ2) is 4.26. The van der Waals surface area contributed by atoms with Crippen LogP contribution in [0, 0.1) is 5.82 Å². The summed E-state index contributed by atoms with van der Waals surface area (Å²) in [5.74, 6) is -1.41. The summed E-state index contributed by atoms with van der Waals surface area (Å²) in [6.07, 6.45) is 0. The van der Waals surface area contributed by atoms with Crippen LogP contribution in [-0.4, -0.2) is 23.9 Å². The Morgan fingerprint density at radius 1 is 1.57 bits per heavy atom. The minimum atomic E-state index is -0.856. The fourth-order valence-electron chi connectivity index (χ4n) is 1.11. The largest absolute Gasteiger partial charge is 0.502 e. The smallest absolute Gasteiger partial charge is 0.194 e. The number of methoxy groups -OCH3 is 1. The Balaban J connectivity index is 3.17. The monoisotopic (exact) mass is 201 g/mol. The van der Waals surface area contributed by atoms with Crippen molar-refractivity contribution in [1.82, 2.24) is 0 Å². The average Bonchev–Trinajstić information content (AvgIpc) is 2.21. The lowest BCUT2D eigenvalue weighted by molar-refractivity contribution is 0.263. The van der Waals surface area contributed by atoms with Crippen LogP contribution in [0.25, 0.3) is 0 Å². The van der Waals surface area contributed by atoms with Gasteiger partial charge in [-0.2, -0.15) is 0 Å². The molecule has 1 aromatic carbocycles. The van der Waals surface area contributed by atoms with Gasteiger partial charge in [0.05, 0.1) is 19.8 Å². The van der Waals surface area contributed by atoms with Crippen molar-refractivity contribution in [3.05, 3.63) is 23.5 Å². The molecule has 0 saturated carbocycles. The van der Waals surface area contributed by atoms with E-state index in [0.29, 0.717) is 0 Å². The highest BCUT2D eigenvalue weighted by Gasteiger charge is 2.17. The fourth-order valence-corrected chi connectivity index (χ4v) is 1.11. The minimum Gasteiger partial charge on any atom is -0.502 e. The molecule has 1 rings (SSSR count). The van der Waals surface area contributed by atoms with Crippen molar-refractivity contribution in [2.45, 2.75) is 6.04 Å². The van der Waals surface area contributed by atoms with Gasteiger partial charge in [-0.15, -0.1) is 0 Å². The number of halogens is 1. The number of aromatic hydroxyl groups is 1. The predicted molar refractivity (Wildman–Crippen MR) is 48.6 cm³/mol. The summed E-state index contributed by atoms with van der Waals surface area (Å²) in [7, 11) is 1.32. The van der Waals surface area contributed by atoms with Gasteiger partial charge in [0.1, 0.15) is 0 Å². The molecule has 0 amide bonds. The van der Waals surface area contributed by atoms with Gasteiger partial charge in [-0.3, -0.25) is 0 Å². The second-order valence-electron chi connectivity index (χ2n) is 2.81. The molecule has 1 atom stereocenters. The van der Waals surface area contributed by atoms with Crippen molar-refractivity contribution in [3.63, 3.8) is 0 Å². The number of aliphatic hydroxyl groups excluding tert-OH is 1. The summed E-state index contributed by atoms with van der Waals surface area (Å²) < 4.78 is 18.1. The number of nitrogens with two attached hydrogens (primary N) is 1. The minimum absolute atomic E-state index is 0.0383. The van der Waals surface area contributed by atoms with E-state index in [4.69, 9.17) is 15.6 Å². The van der Waals surface area contributed by atoms with Crippen molar-refractivity contribution in [1.29, 1.82) is 0 Å².